The van der Waals surface area contributed by atoms with Gasteiger partial charge in [-0.3, -0.25) is 14.5 Å². The molecule has 2 atom stereocenters. The van der Waals surface area contributed by atoms with Crippen molar-refractivity contribution in [3.63, 3.8) is 0 Å². The first kappa shape index (κ1) is 21.4. The largest absolute Gasteiger partial charge is 0.420 e. The Morgan fingerprint density at radius 3 is 1.88 bits per heavy atom. The molecule has 0 saturated carbocycles. The van der Waals surface area contributed by atoms with Gasteiger partial charge >= 0.3 is 8.56 Å². The summed E-state index contributed by atoms with van der Waals surface area (Å²) in [7, 11) is -7.65. The predicted molar refractivity (Wildman–Crippen MR) is 102 cm³/mol. The van der Waals surface area contributed by atoms with E-state index in [0.717, 1.165) is 17.1 Å². The third-order valence-electron chi connectivity index (χ3n) is 3.49. The summed E-state index contributed by atoms with van der Waals surface area (Å²) >= 11 is 0. The fourth-order valence-electron chi connectivity index (χ4n) is 2.58. The van der Waals surface area contributed by atoms with E-state index in [1.54, 1.807) is 0 Å². The van der Waals surface area contributed by atoms with Gasteiger partial charge in [-0.15, -0.1) is 0 Å². The van der Waals surface area contributed by atoms with Gasteiger partial charge in [0, 0.05) is 6.54 Å². The fourth-order valence-corrected chi connectivity index (χ4v) is 17.3. The maximum Gasteiger partial charge on any atom is 0.317 e. The summed E-state index contributed by atoms with van der Waals surface area (Å²) in [6.45, 7) is 15.1. The molecule has 24 heavy (non-hydrogen) atoms. The van der Waals surface area contributed by atoms with E-state index in [-0.39, 0.29) is 6.54 Å². The van der Waals surface area contributed by atoms with E-state index in [2.05, 4.69) is 13.2 Å². The molecule has 2 unspecified atom stereocenters. The van der Waals surface area contributed by atoms with Gasteiger partial charge in [0.15, 0.2) is 0 Å². The molecule has 0 N–H and O–H groups in total. The van der Waals surface area contributed by atoms with Gasteiger partial charge in [-0.1, -0.05) is 13.2 Å². The zero-order valence-corrected chi connectivity index (χ0v) is 19.3. The highest BCUT2D eigenvalue weighted by Crippen LogP contribution is 2.22. The number of rotatable bonds is 6. The molecule has 0 aromatic heterocycles. The van der Waals surface area contributed by atoms with Crippen molar-refractivity contribution in [1.82, 2.24) is 4.90 Å². The maximum atomic E-state index is 11.8. The molecule has 1 saturated heterocycles. The summed E-state index contributed by atoms with van der Waals surface area (Å²) in [6, 6.07) is 0.662. The lowest BCUT2D eigenvalue weighted by Gasteiger charge is -2.37. The quantitative estimate of drug-likeness (QED) is 0.481. The molecule has 1 fully saturated rings. The second kappa shape index (κ2) is 9.72. The van der Waals surface area contributed by atoms with Crippen LogP contribution in [-0.4, -0.2) is 59.7 Å². The van der Waals surface area contributed by atoms with E-state index in [1.807, 2.05) is 26.2 Å². The molecule has 0 radical (unpaired) electrons. The van der Waals surface area contributed by atoms with Crippen molar-refractivity contribution >= 4 is 48.2 Å². The molecule has 136 valence electrons. The maximum absolute atomic E-state index is 11.8. The van der Waals surface area contributed by atoms with Gasteiger partial charge in [-0.05, 0) is 50.8 Å². The third kappa shape index (κ3) is 6.68. The third-order valence-corrected chi connectivity index (χ3v) is 17.5. The van der Waals surface area contributed by atoms with Crippen molar-refractivity contribution in [3.8, 4) is 0 Å². The van der Waals surface area contributed by atoms with E-state index in [0.29, 0.717) is 12.5 Å². The van der Waals surface area contributed by atoms with E-state index < -0.39 is 48.2 Å². The number of hydrogen-bond donors (Lipinski definition) is 0. The highest BCUT2D eigenvalue weighted by molar-refractivity contribution is 6.81. The van der Waals surface area contributed by atoms with Crippen LogP contribution in [0.4, 0.5) is 0 Å². The van der Waals surface area contributed by atoms with E-state index in [4.69, 9.17) is 16.5 Å². The van der Waals surface area contributed by atoms with Crippen molar-refractivity contribution in [2.45, 2.75) is 38.7 Å². The van der Waals surface area contributed by atoms with Crippen molar-refractivity contribution < 1.29 is 26.0 Å². The lowest BCUT2D eigenvalue weighted by Crippen LogP contribution is -2.53. The van der Waals surface area contributed by atoms with Crippen LogP contribution in [0.15, 0.2) is 25.3 Å². The topological polar surface area (TPSA) is 74.3 Å². The zero-order chi connectivity index (χ0) is 18.3. The highest BCUT2D eigenvalue weighted by Gasteiger charge is 2.39. The molecule has 1 heterocycles. The van der Waals surface area contributed by atoms with Crippen LogP contribution in [0.3, 0.4) is 0 Å². The normalized spacial score (nSPS) is 30.8. The molecule has 1 aliphatic rings. The zero-order valence-electron chi connectivity index (χ0n) is 14.8. The lowest BCUT2D eigenvalue weighted by molar-refractivity contribution is -0.138. The molecule has 0 aromatic carbocycles. The second-order valence-corrected chi connectivity index (χ2v) is 15.9. The molecule has 0 spiro atoms. The van der Waals surface area contributed by atoms with Crippen molar-refractivity contribution in [1.29, 1.82) is 0 Å². The fraction of sp³-hybridized carbons (Fsp3) is 0.538. The predicted octanol–water partition coefficient (Wildman–Crippen LogP) is 0.807. The van der Waals surface area contributed by atoms with Gasteiger partial charge in [0.2, 0.25) is 0 Å². The molecule has 1 aliphatic heterocycles. The van der Waals surface area contributed by atoms with Crippen molar-refractivity contribution in [2.24, 2.45) is 0 Å². The van der Waals surface area contributed by atoms with Crippen LogP contribution < -0.4 is 0 Å². The molecular formula is C13H27NO6Si4. The van der Waals surface area contributed by atoms with Crippen LogP contribution in [0.25, 0.3) is 0 Å². The summed E-state index contributed by atoms with van der Waals surface area (Å²) in [5, 5.41) is 0. The number of nitrogens with zero attached hydrogens (tertiary/aromatic N) is 1. The first-order valence-electron chi connectivity index (χ1n) is 7.97. The van der Waals surface area contributed by atoms with Crippen LogP contribution in [0, 0.1) is 0 Å². The summed E-state index contributed by atoms with van der Waals surface area (Å²) in [5.41, 5.74) is 0. The number of carbonyl (C=O) groups is 2. The Bertz CT molecular complexity index is 457. The molecule has 0 aromatic rings. The molecular weight excluding hydrogens is 378 g/mol. The minimum atomic E-state index is -2.44. The van der Waals surface area contributed by atoms with E-state index in [9.17, 15) is 9.59 Å². The number of imide groups is 1. The summed E-state index contributed by atoms with van der Waals surface area (Å²) in [4.78, 5) is 24.7. The Kier molecular flexibility index (Phi) is 8.65. The van der Waals surface area contributed by atoms with Gasteiger partial charge < -0.3 is 16.5 Å². The van der Waals surface area contributed by atoms with Crippen molar-refractivity contribution in [3.05, 3.63) is 25.3 Å². The smallest absolute Gasteiger partial charge is 0.317 e. The van der Waals surface area contributed by atoms with Gasteiger partial charge in [0.1, 0.15) is 0 Å². The number of carbonyl (C=O) groups excluding carboxylic acids is 2. The van der Waals surface area contributed by atoms with Crippen LogP contribution in [0.2, 0.25) is 32.2 Å². The standard InChI is InChI=1S/C13H27NO6Si4/c1-7-12(15)14(13(16)8-2)10-9-11-24(6)19-22(4)17-21(3)18-23(5)20-24/h7-8,21-23H,1-2,9-11H2,3-6H3. The van der Waals surface area contributed by atoms with Crippen LogP contribution in [0.5, 0.6) is 0 Å². The Hall–Kier alpha value is -0.672. The molecule has 0 bridgehead atoms. The SMILES string of the molecule is C=CC(=O)N(CCC[Si]1(C)O[SiH](C)O[SiH](C)O[SiH](C)O1)C(=O)C=C. The Morgan fingerprint density at radius 2 is 1.46 bits per heavy atom. The molecule has 0 aliphatic carbocycles. The van der Waals surface area contributed by atoms with Crippen LogP contribution in [-0.2, 0) is 26.0 Å². The second-order valence-electron chi connectivity index (χ2n) is 5.68. The Morgan fingerprint density at radius 1 is 1.00 bits per heavy atom. The van der Waals surface area contributed by atoms with Gasteiger partial charge in [0.25, 0.3) is 39.7 Å². The van der Waals surface area contributed by atoms with E-state index in [1.165, 1.54) is 0 Å². The highest BCUT2D eigenvalue weighted by atomic mass is 28.5. The summed E-state index contributed by atoms with van der Waals surface area (Å²) < 4.78 is 24.1. The Labute approximate surface area is 150 Å². The number of amides is 2. The average Bonchev–Trinajstić information content (AvgIpc) is 2.48. The number of hydrogen-bond acceptors (Lipinski definition) is 6. The molecule has 11 heteroatoms. The first-order chi connectivity index (χ1) is 11.2. The minimum absolute atomic E-state index is 0.282. The summed E-state index contributed by atoms with van der Waals surface area (Å²) in [5.74, 6) is -0.855. The van der Waals surface area contributed by atoms with Crippen molar-refractivity contribution in [2.75, 3.05) is 6.54 Å². The van der Waals surface area contributed by atoms with Crippen LogP contribution in [0.1, 0.15) is 6.42 Å². The first-order valence-corrected chi connectivity index (χ1v) is 16.8. The molecule has 2 amide bonds. The van der Waals surface area contributed by atoms with Gasteiger partial charge in [-0.25, -0.2) is 0 Å². The summed E-state index contributed by atoms with van der Waals surface area (Å²) in [6.07, 6.45) is 2.85. The molecule has 1 rings (SSSR count). The van der Waals surface area contributed by atoms with Gasteiger partial charge in [-0.2, -0.15) is 0 Å². The van der Waals surface area contributed by atoms with Crippen LogP contribution >= 0.6 is 0 Å². The average molecular weight is 406 g/mol. The lowest BCUT2D eigenvalue weighted by atomic mass is 10.3. The Balaban J connectivity index is 2.68. The minimum Gasteiger partial charge on any atom is -0.420 e. The molecule has 7 nitrogen and oxygen atoms in total. The van der Waals surface area contributed by atoms with Gasteiger partial charge in [0.05, 0.1) is 0 Å². The van der Waals surface area contributed by atoms with E-state index >= 15 is 0 Å². The monoisotopic (exact) mass is 405 g/mol.